The molecule has 1 aromatic rings. The predicted molar refractivity (Wildman–Crippen MR) is 76.5 cm³/mol. The van der Waals surface area contributed by atoms with Crippen molar-refractivity contribution in [2.45, 2.75) is 31.0 Å². The summed E-state index contributed by atoms with van der Waals surface area (Å²) in [6.07, 6.45) is -2.84. The molecule has 1 aliphatic heterocycles. The molecule has 2 rings (SSSR count). The molecule has 1 saturated heterocycles. The van der Waals surface area contributed by atoms with E-state index in [0.717, 1.165) is 16.8 Å². The predicted octanol–water partition coefficient (Wildman–Crippen LogP) is -2.23. The topological polar surface area (TPSA) is 154 Å². The molecule has 10 nitrogen and oxygen atoms in total. The molecule has 0 spiro atoms. The minimum atomic E-state index is -3.95. The van der Waals surface area contributed by atoms with Gasteiger partial charge in [0.05, 0.1) is 6.61 Å². The Morgan fingerprint density at radius 1 is 1.55 bits per heavy atom. The highest BCUT2D eigenvalue weighted by molar-refractivity contribution is 8.06. The zero-order chi connectivity index (χ0) is 16.7. The van der Waals surface area contributed by atoms with Gasteiger partial charge in [-0.25, -0.2) is 4.79 Å². The number of aromatic nitrogens is 2. The molecule has 0 bridgehead atoms. The molecule has 1 fully saturated rings. The van der Waals surface area contributed by atoms with Gasteiger partial charge in [-0.15, -0.1) is 0 Å². The molecule has 4 atom stereocenters. The lowest BCUT2D eigenvalue weighted by Crippen LogP contribution is -2.46. The Kier molecular flexibility index (Phi) is 4.71. The summed E-state index contributed by atoms with van der Waals surface area (Å²) in [7, 11) is 0. The van der Waals surface area contributed by atoms with Crippen molar-refractivity contribution in [3.8, 4) is 0 Å². The average molecular weight is 354 g/mol. The molecule has 5 N–H and O–H groups in total. The van der Waals surface area contributed by atoms with Crippen molar-refractivity contribution in [1.29, 1.82) is 0 Å². The number of ether oxygens (including phenoxy) is 1. The second-order valence-electron chi connectivity index (χ2n) is 5.00. The summed E-state index contributed by atoms with van der Waals surface area (Å²) >= 11 is 4.28. The first-order valence-electron chi connectivity index (χ1n) is 6.10. The molecule has 2 heterocycles. The standard InChI is InChI=1S/C10H15N2O8PS/c1-10(16)7(14)5(4-19-21(17,18)22)20-8(10)12-3-2-6(13)11-9(12)15/h2-3,5,7-8,14,16H,4H2,1H3,(H,11,13,15)(H2,17,18,22)/t5-,7-,8-,10-/m1/s1. The normalized spacial score (nSPS) is 32.3. The first-order valence-corrected chi connectivity index (χ1v) is 8.72. The van der Waals surface area contributed by atoms with E-state index in [9.17, 15) is 19.8 Å². The third-order valence-electron chi connectivity index (χ3n) is 3.27. The lowest BCUT2D eigenvalue weighted by atomic mass is 9.96. The average Bonchev–Trinajstić information content (AvgIpc) is 2.59. The first-order chi connectivity index (χ1) is 10.0. The maximum Gasteiger partial charge on any atom is 0.330 e. The van der Waals surface area contributed by atoms with Crippen LogP contribution >= 0.6 is 6.72 Å². The van der Waals surface area contributed by atoms with Crippen molar-refractivity contribution in [2.24, 2.45) is 0 Å². The van der Waals surface area contributed by atoms with Crippen molar-refractivity contribution >= 4 is 18.5 Å². The Morgan fingerprint density at radius 3 is 2.73 bits per heavy atom. The first kappa shape index (κ1) is 17.4. The fourth-order valence-electron chi connectivity index (χ4n) is 2.16. The lowest BCUT2D eigenvalue weighted by Gasteiger charge is -2.27. The van der Waals surface area contributed by atoms with Crippen LogP contribution in [0.5, 0.6) is 0 Å². The summed E-state index contributed by atoms with van der Waals surface area (Å²) in [5, 5.41) is 20.4. The van der Waals surface area contributed by atoms with E-state index in [0.29, 0.717) is 0 Å². The molecule has 1 aromatic heterocycles. The highest BCUT2D eigenvalue weighted by atomic mass is 32.5. The summed E-state index contributed by atoms with van der Waals surface area (Å²) in [6, 6.07) is 1.05. The van der Waals surface area contributed by atoms with E-state index in [-0.39, 0.29) is 0 Å². The van der Waals surface area contributed by atoms with Crippen LogP contribution in [0.15, 0.2) is 21.9 Å². The van der Waals surface area contributed by atoms with Gasteiger partial charge in [-0.05, 0) is 18.7 Å². The quantitative estimate of drug-likeness (QED) is 0.378. The summed E-state index contributed by atoms with van der Waals surface area (Å²) in [4.78, 5) is 42.8. The smallest absolute Gasteiger partial charge is 0.330 e. The number of nitrogens with one attached hydrogen (secondary N) is 1. The number of hydrogen-bond donors (Lipinski definition) is 5. The Morgan fingerprint density at radius 2 is 2.18 bits per heavy atom. The van der Waals surface area contributed by atoms with E-state index < -0.39 is 48.6 Å². The van der Waals surface area contributed by atoms with Crippen LogP contribution in [0.25, 0.3) is 0 Å². The number of aliphatic hydroxyl groups excluding tert-OH is 1. The minimum Gasteiger partial charge on any atom is -0.387 e. The van der Waals surface area contributed by atoms with Gasteiger partial charge < -0.3 is 29.3 Å². The van der Waals surface area contributed by atoms with Gasteiger partial charge in [0.25, 0.3) is 5.56 Å². The van der Waals surface area contributed by atoms with Gasteiger partial charge in [0, 0.05) is 12.3 Å². The van der Waals surface area contributed by atoms with Crippen molar-refractivity contribution in [3.63, 3.8) is 0 Å². The number of aliphatic hydroxyl groups is 2. The molecule has 22 heavy (non-hydrogen) atoms. The van der Waals surface area contributed by atoms with Crippen LogP contribution in [0.4, 0.5) is 0 Å². The molecular weight excluding hydrogens is 339 g/mol. The van der Waals surface area contributed by atoms with Gasteiger partial charge in [0.2, 0.25) is 0 Å². The van der Waals surface area contributed by atoms with E-state index in [4.69, 9.17) is 14.5 Å². The Bertz CT molecular complexity index is 709. The van der Waals surface area contributed by atoms with E-state index in [1.807, 2.05) is 4.98 Å². The highest BCUT2D eigenvalue weighted by Crippen LogP contribution is 2.41. The molecule has 0 amide bonds. The van der Waals surface area contributed by atoms with Gasteiger partial charge in [-0.1, -0.05) is 0 Å². The van der Waals surface area contributed by atoms with Crippen molar-refractivity contribution < 1.29 is 29.3 Å². The summed E-state index contributed by atoms with van der Waals surface area (Å²) < 4.78 is 10.9. The fraction of sp³-hybridized carbons (Fsp3) is 0.600. The second-order valence-corrected chi connectivity index (χ2v) is 7.67. The third-order valence-corrected chi connectivity index (χ3v) is 4.07. The lowest BCUT2D eigenvalue weighted by molar-refractivity contribution is -0.0985. The van der Waals surface area contributed by atoms with E-state index in [2.05, 4.69) is 16.3 Å². The van der Waals surface area contributed by atoms with Crippen molar-refractivity contribution in [2.75, 3.05) is 6.61 Å². The SMILES string of the molecule is C[C@@]1(O)[C@H](O)[C@@H](COP(O)(O)=S)O[C@H]1n1ccc(=O)[nH]c1=O. The third kappa shape index (κ3) is 3.53. The number of hydrogen-bond acceptors (Lipinski definition) is 7. The largest absolute Gasteiger partial charge is 0.387 e. The van der Waals surface area contributed by atoms with Crippen LogP contribution in [-0.4, -0.2) is 54.0 Å². The maximum atomic E-state index is 11.8. The molecule has 12 heteroatoms. The molecule has 1 aliphatic rings. The zero-order valence-corrected chi connectivity index (χ0v) is 13.0. The van der Waals surface area contributed by atoms with Crippen molar-refractivity contribution in [3.05, 3.63) is 33.1 Å². The summed E-state index contributed by atoms with van der Waals surface area (Å²) in [5.41, 5.74) is -3.34. The number of nitrogens with zero attached hydrogens (tertiary/aromatic N) is 1. The molecule has 0 radical (unpaired) electrons. The van der Waals surface area contributed by atoms with E-state index in [1.54, 1.807) is 0 Å². The molecule has 0 unspecified atom stereocenters. The zero-order valence-electron chi connectivity index (χ0n) is 11.3. The van der Waals surface area contributed by atoms with Crippen LogP contribution in [0.1, 0.15) is 13.2 Å². The number of H-pyrrole nitrogens is 1. The molecule has 0 saturated carbocycles. The summed E-state index contributed by atoms with van der Waals surface area (Å²) in [5.74, 6) is 0. The maximum absolute atomic E-state index is 11.8. The van der Waals surface area contributed by atoms with Crippen LogP contribution in [-0.2, 0) is 21.1 Å². The van der Waals surface area contributed by atoms with E-state index >= 15 is 0 Å². The van der Waals surface area contributed by atoms with Crippen LogP contribution < -0.4 is 11.2 Å². The van der Waals surface area contributed by atoms with Crippen LogP contribution in [0, 0.1) is 0 Å². The highest BCUT2D eigenvalue weighted by Gasteiger charge is 2.53. The second kappa shape index (κ2) is 5.95. The molecule has 0 aliphatic carbocycles. The van der Waals surface area contributed by atoms with Gasteiger partial charge in [0.1, 0.15) is 17.8 Å². The number of aromatic amines is 1. The number of rotatable bonds is 4. The van der Waals surface area contributed by atoms with Gasteiger partial charge >= 0.3 is 12.4 Å². The Labute approximate surface area is 128 Å². The Balaban J connectivity index is 2.28. The monoisotopic (exact) mass is 354 g/mol. The van der Waals surface area contributed by atoms with Crippen molar-refractivity contribution in [1.82, 2.24) is 9.55 Å². The van der Waals surface area contributed by atoms with E-state index in [1.165, 1.54) is 6.92 Å². The summed E-state index contributed by atoms with van der Waals surface area (Å²) in [6.45, 7) is -3.21. The minimum absolute atomic E-state index is 0.490. The van der Waals surface area contributed by atoms with Gasteiger partial charge in [-0.2, -0.15) is 0 Å². The van der Waals surface area contributed by atoms with Crippen LogP contribution in [0.3, 0.4) is 0 Å². The molecular formula is C10H15N2O8PS. The Hall–Kier alpha value is -0.910. The molecule has 0 aromatic carbocycles. The van der Waals surface area contributed by atoms with Gasteiger partial charge in [0.15, 0.2) is 6.23 Å². The van der Waals surface area contributed by atoms with Crippen LogP contribution in [0.2, 0.25) is 0 Å². The fourth-order valence-corrected chi connectivity index (χ4v) is 2.68. The van der Waals surface area contributed by atoms with Gasteiger partial charge in [-0.3, -0.25) is 14.3 Å². The molecule has 124 valence electrons.